The highest BCUT2D eigenvalue weighted by Crippen LogP contribution is 2.34. The van der Waals surface area contributed by atoms with E-state index in [1.165, 1.54) is 21.6 Å². The zero-order valence-corrected chi connectivity index (χ0v) is 21.5. The van der Waals surface area contributed by atoms with E-state index in [9.17, 15) is 9.59 Å². The monoisotopic (exact) mass is 535 g/mol. The van der Waals surface area contributed by atoms with Crippen LogP contribution >= 0.6 is 36.2 Å². The summed E-state index contributed by atoms with van der Waals surface area (Å²) in [7, 11) is 0. The van der Waals surface area contributed by atoms with Gasteiger partial charge >= 0.3 is 5.69 Å². The number of thiophene rings is 1. The predicted molar refractivity (Wildman–Crippen MR) is 145 cm³/mol. The molecule has 0 bridgehead atoms. The van der Waals surface area contributed by atoms with Gasteiger partial charge in [-0.1, -0.05) is 12.1 Å². The second kappa shape index (κ2) is 10.6. The average molecular weight is 536 g/mol. The molecule has 0 amide bonds. The zero-order chi connectivity index (χ0) is 22.4. The number of H-pyrrole nitrogens is 1. The van der Waals surface area contributed by atoms with Gasteiger partial charge in [0.15, 0.2) is 0 Å². The Morgan fingerprint density at radius 1 is 1.06 bits per heavy atom. The Morgan fingerprint density at radius 3 is 2.77 bits per heavy atom. The summed E-state index contributed by atoms with van der Waals surface area (Å²) < 4.78 is 7.86. The van der Waals surface area contributed by atoms with Crippen LogP contribution in [-0.4, -0.2) is 58.3 Å². The van der Waals surface area contributed by atoms with Crippen LogP contribution in [0, 0.1) is 0 Å². The third kappa shape index (κ3) is 4.65. The van der Waals surface area contributed by atoms with E-state index in [-0.39, 0.29) is 36.1 Å². The van der Waals surface area contributed by atoms with Gasteiger partial charge in [0.2, 0.25) is 0 Å². The standard InChI is InChI=1S/C24H25N5O3S.2ClH/c30-23-21-20(17-6-5-9-25-22(17)33-21)26-24(31)29(23)11-4-3-10-27-12-13-28-16(14-27)15-32-19-8-2-1-7-18(19)28;;/h1-2,5-9,16H,3-4,10-15H2,(H,26,31);2*1H. The van der Waals surface area contributed by atoms with Crippen LogP contribution in [0.4, 0.5) is 5.69 Å². The van der Waals surface area contributed by atoms with Crippen LogP contribution < -0.4 is 20.9 Å². The van der Waals surface area contributed by atoms with Crippen LogP contribution in [0.3, 0.4) is 0 Å². The van der Waals surface area contributed by atoms with Gasteiger partial charge < -0.3 is 14.6 Å². The van der Waals surface area contributed by atoms with Crippen molar-refractivity contribution in [1.82, 2.24) is 19.4 Å². The lowest BCUT2D eigenvalue weighted by atomic mass is 10.1. The van der Waals surface area contributed by atoms with Crippen molar-refractivity contribution >= 4 is 62.3 Å². The predicted octanol–water partition coefficient (Wildman–Crippen LogP) is 3.51. The number of fused-ring (bicyclic) bond motifs is 6. The molecular formula is C24H27Cl2N5O3S. The fourth-order valence-electron chi connectivity index (χ4n) is 4.99. The van der Waals surface area contributed by atoms with Crippen molar-refractivity contribution in [3.05, 3.63) is 63.4 Å². The number of unbranched alkanes of at least 4 members (excludes halogenated alkanes) is 1. The molecule has 0 spiro atoms. The number of pyridine rings is 1. The van der Waals surface area contributed by atoms with Crippen LogP contribution in [0.2, 0.25) is 0 Å². The molecule has 8 nitrogen and oxygen atoms in total. The molecule has 2 aliphatic rings. The summed E-state index contributed by atoms with van der Waals surface area (Å²) >= 11 is 1.34. The number of aromatic nitrogens is 3. The fourth-order valence-corrected chi connectivity index (χ4v) is 6.04. The van der Waals surface area contributed by atoms with Crippen molar-refractivity contribution in [2.45, 2.75) is 25.4 Å². The molecule has 1 N–H and O–H groups in total. The Balaban J connectivity index is 0.00000144. The summed E-state index contributed by atoms with van der Waals surface area (Å²) in [5.74, 6) is 0.976. The van der Waals surface area contributed by atoms with E-state index in [0.717, 1.165) is 55.0 Å². The van der Waals surface area contributed by atoms with Crippen LogP contribution in [-0.2, 0) is 6.54 Å². The minimum Gasteiger partial charge on any atom is -0.489 e. The SMILES string of the molecule is Cl.Cl.O=c1[nH]c2c(sc3ncccc32)c(=O)n1CCCCN1CCN2c3ccccc3OCC2C1. The van der Waals surface area contributed by atoms with Crippen LogP contribution in [0.15, 0.2) is 52.2 Å². The lowest BCUT2D eigenvalue weighted by Crippen LogP contribution is -2.57. The first-order chi connectivity index (χ1) is 16.2. The number of anilines is 1. The normalized spacial score (nSPS) is 17.3. The highest BCUT2D eigenvalue weighted by molar-refractivity contribution is 7.25. The molecule has 1 unspecified atom stereocenters. The maximum absolute atomic E-state index is 13.0. The minimum absolute atomic E-state index is 0. The van der Waals surface area contributed by atoms with Gasteiger partial charge in [-0.2, -0.15) is 0 Å². The second-order valence-corrected chi connectivity index (χ2v) is 9.68. The topological polar surface area (TPSA) is 83.5 Å². The summed E-state index contributed by atoms with van der Waals surface area (Å²) in [6.07, 6.45) is 3.41. The smallest absolute Gasteiger partial charge is 0.328 e. The van der Waals surface area contributed by atoms with Crippen molar-refractivity contribution < 1.29 is 4.74 Å². The summed E-state index contributed by atoms with van der Waals surface area (Å²) in [4.78, 5) is 38.5. The first-order valence-electron chi connectivity index (χ1n) is 11.4. The molecule has 0 saturated carbocycles. The van der Waals surface area contributed by atoms with Crippen molar-refractivity contribution in [2.24, 2.45) is 0 Å². The molecule has 3 aromatic heterocycles. The molecule has 186 valence electrons. The molecule has 1 atom stereocenters. The van der Waals surface area contributed by atoms with E-state index in [2.05, 4.69) is 31.9 Å². The van der Waals surface area contributed by atoms with E-state index in [0.29, 0.717) is 29.4 Å². The van der Waals surface area contributed by atoms with Crippen molar-refractivity contribution in [3.8, 4) is 5.75 Å². The van der Waals surface area contributed by atoms with Crippen LogP contribution in [0.25, 0.3) is 20.4 Å². The van der Waals surface area contributed by atoms with Gasteiger partial charge in [-0.3, -0.25) is 14.3 Å². The molecule has 1 fully saturated rings. The molecule has 0 aliphatic carbocycles. The quantitative estimate of drug-likeness (QED) is 0.393. The number of nitrogens with zero attached hydrogens (tertiary/aromatic N) is 4. The highest BCUT2D eigenvalue weighted by Gasteiger charge is 2.32. The molecule has 5 heterocycles. The van der Waals surface area contributed by atoms with Gasteiger partial charge in [0.1, 0.15) is 21.9 Å². The maximum Gasteiger partial charge on any atom is 0.328 e. The maximum atomic E-state index is 13.0. The number of rotatable bonds is 5. The largest absolute Gasteiger partial charge is 0.489 e. The molecule has 2 aliphatic heterocycles. The van der Waals surface area contributed by atoms with Gasteiger partial charge in [0, 0.05) is 37.8 Å². The summed E-state index contributed by atoms with van der Waals surface area (Å²) in [5.41, 5.74) is 1.23. The van der Waals surface area contributed by atoms with Crippen molar-refractivity contribution in [1.29, 1.82) is 0 Å². The third-order valence-electron chi connectivity index (χ3n) is 6.66. The molecule has 11 heteroatoms. The third-order valence-corrected chi connectivity index (χ3v) is 7.76. The Labute approximate surface area is 218 Å². The van der Waals surface area contributed by atoms with Gasteiger partial charge in [-0.15, -0.1) is 36.2 Å². The summed E-state index contributed by atoms with van der Waals surface area (Å²) in [6.45, 7) is 5.05. The number of hydrogen-bond acceptors (Lipinski definition) is 7. The van der Waals surface area contributed by atoms with E-state index >= 15 is 0 Å². The number of ether oxygens (including phenoxy) is 1. The van der Waals surface area contributed by atoms with Crippen molar-refractivity contribution in [2.75, 3.05) is 37.7 Å². The lowest BCUT2D eigenvalue weighted by Gasteiger charge is -2.45. The molecule has 0 radical (unpaired) electrons. The summed E-state index contributed by atoms with van der Waals surface area (Å²) in [6, 6.07) is 12.3. The lowest BCUT2D eigenvalue weighted by molar-refractivity contribution is 0.165. The van der Waals surface area contributed by atoms with E-state index in [4.69, 9.17) is 4.74 Å². The summed E-state index contributed by atoms with van der Waals surface area (Å²) in [5, 5.41) is 0.826. The van der Waals surface area contributed by atoms with Crippen LogP contribution in [0.1, 0.15) is 12.8 Å². The highest BCUT2D eigenvalue weighted by atomic mass is 35.5. The van der Waals surface area contributed by atoms with Gasteiger partial charge in [0.05, 0.1) is 17.2 Å². The molecule has 1 aromatic carbocycles. The van der Waals surface area contributed by atoms with Gasteiger partial charge in [0.25, 0.3) is 5.56 Å². The van der Waals surface area contributed by atoms with Crippen LogP contribution in [0.5, 0.6) is 5.75 Å². The number of para-hydroxylation sites is 2. The Bertz CT molecular complexity index is 1450. The fraction of sp³-hybridized carbons (Fsp3) is 0.375. The number of benzene rings is 1. The van der Waals surface area contributed by atoms with E-state index < -0.39 is 0 Å². The first-order valence-corrected chi connectivity index (χ1v) is 12.2. The molecular weight excluding hydrogens is 509 g/mol. The van der Waals surface area contributed by atoms with Crippen molar-refractivity contribution in [3.63, 3.8) is 0 Å². The second-order valence-electron chi connectivity index (χ2n) is 8.68. The molecule has 35 heavy (non-hydrogen) atoms. The van der Waals surface area contributed by atoms with Gasteiger partial charge in [-0.05, 0) is 43.7 Å². The minimum atomic E-state index is -0.345. The van der Waals surface area contributed by atoms with E-state index in [1.54, 1.807) is 6.20 Å². The average Bonchev–Trinajstić information content (AvgIpc) is 3.22. The Hall–Kier alpha value is -2.59. The number of nitrogens with one attached hydrogen (secondary N) is 1. The Kier molecular flexibility index (Phi) is 7.70. The van der Waals surface area contributed by atoms with E-state index in [1.807, 2.05) is 24.3 Å². The molecule has 4 aromatic rings. The van der Waals surface area contributed by atoms with Gasteiger partial charge in [-0.25, -0.2) is 9.78 Å². The number of hydrogen-bond donors (Lipinski definition) is 1. The number of halogens is 2. The molecule has 6 rings (SSSR count). The Morgan fingerprint density at radius 2 is 1.89 bits per heavy atom. The number of piperazine rings is 1. The number of aromatic amines is 1. The molecule has 1 saturated heterocycles. The first kappa shape index (κ1) is 25.5. The zero-order valence-electron chi connectivity index (χ0n) is 19.0.